The van der Waals surface area contributed by atoms with Gasteiger partial charge in [0, 0.05) is 19.4 Å². The van der Waals surface area contributed by atoms with Crippen LogP contribution < -0.4 is 9.47 Å². The van der Waals surface area contributed by atoms with Gasteiger partial charge in [-0.15, -0.1) is 0 Å². The van der Waals surface area contributed by atoms with Crippen molar-refractivity contribution in [2.45, 2.75) is 38.0 Å². The van der Waals surface area contributed by atoms with E-state index in [-0.39, 0.29) is 18.0 Å². The highest BCUT2D eigenvalue weighted by Crippen LogP contribution is 2.37. The molecule has 4 rings (SSSR count). The standard InChI is InChI=1S/C19H23N3O4/c1-12-20-8-9-22(12)15-7-6-14(17(15)23)21(2)19(24)13-4-3-5-16-18(13)26-11-10-25-16/h3-5,8-9,14-15,17,23H,6-7,10-11H2,1-2H3/t14-,15-,17-/m1/s1. The molecule has 0 bridgehead atoms. The number of hydrogen-bond acceptors (Lipinski definition) is 5. The molecule has 1 aliphatic carbocycles. The molecule has 1 amide bonds. The Hall–Kier alpha value is -2.54. The molecule has 1 fully saturated rings. The van der Waals surface area contributed by atoms with Crippen molar-refractivity contribution in [3.63, 3.8) is 0 Å². The normalized spacial score (nSPS) is 24.5. The highest BCUT2D eigenvalue weighted by Gasteiger charge is 2.40. The van der Waals surface area contributed by atoms with E-state index in [1.807, 2.05) is 17.7 Å². The molecule has 7 nitrogen and oxygen atoms in total. The Kier molecular flexibility index (Phi) is 4.32. The van der Waals surface area contributed by atoms with Crippen LogP contribution in [0.5, 0.6) is 11.5 Å². The van der Waals surface area contributed by atoms with Gasteiger partial charge in [0.05, 0.1) is 23.8 Å². The molecule has 1 saturated carbocycles. The van der Waals surface area contributed by atoms with Gasteiger partial charge >= 0.3 is 0 Å². The lowest BCUT2D eigenvalue weighted by molar-refractivity contribution is 0.0435. The Morgan fingerprint density at radius 1 is 1.31 bits per heavy atom. The van der Waals surface area contributed by atoms with Crippen LogP contribution in [0.4, 0.5) is 0 Å². The Balaban J connectivity index is 1.56. The van der Waals surface area contributed by atoms with Crippen LogP contribution >= 0.6 is 0 Å². The molecular formula is C19H23N3O4. The fourth-order valence-electron chi connectivity index (χ4n) is 3.99. The van der Waals surface area contributed by atoms with Gasteiger partial charge in [-0.3, -0.25) is 4.79 Å². The van der Waals surface area contributed by atoms with Gasteiger partial charge in [0.1, 0.15) is 19.0 Å². The zero-order valence-electron chi connectivity index (χ0n) is 15.0. The summed E-state index contributed by atoms with van der Waals surface area (Å²) in [5.41, 5.74) is 0.471. The highest BCUT2D eigenvalue weighted by molar-refractivity contribution is 5.98. The number of rotatable bonds is 3. The molecule has 138 valence electrons. The van der Waals surface area contributed by atoms with Crippen molar-refractivity contribution in [1.29, 1.82) is 0 Å². The van der Waals surface area contributed by atoms with Gasteiger partial charge in [0.25, 0.3) is 5.91 Å². The smallest absolute Gasteiger partial charge is 0.257 e. The van der Waals surface area contributed by atoms with E-state index in [2.05, 4.69) is 4.98 Å². The number of ether oxygens (including phenoxy) is 2. The summed E-state index contributed by atoms with van der Waals surface area (Å²) in [5.74, 6) is 1.78. The van der Waals surface area contributed by atoms with Crippen LogP contribution in [0.2, 0.25) is 0 Å². The Morgan fingerprint density at radius 2 is 2.12 bits per heavy atom. The Bertz CT molecular complexity index is 819. The minimum Gasteiger partial charge on any atom is -0.486 e. The topological polar surface area (TPSA) is 76.8 Å². The number of fused-ring (bicyclic) bond motifs is 1. The second kappa shape index (κ2) is 6.64. The predicted octanol–water partition coefficient (Wildman–Crippen LogP) is 1.80. The van der Waals surface area contributed by atoms with Crippen molar-refractivity contribution in [3.8, 4) is 11.5 Å². The maximum absolute atomic E-state index is 13.1. The van der Waals surface area contributed by atoms with Crippen LogP contribution in [0.1, 0.15) is 35.1 Å². The number of carbonyl (C=O) groups excluding carboxylic acids is 1. The number of para-hydroxylation sites is 1. The van der Waals surface area contributed by atoms with Gasteiger partial charge in [-0.25, -0.2) is 4.98 Å². The van der Waals surface area contributed by atoms with Crippen molar-refractivity contribution >= 4 is 5.91 Å². The summed E-state index contributed by atoms with van der Waals surface area (Å²) in [7, 11) is 1.74. The van der Waals surface area contributed by atoms with Crippen LogP contribution in [0.15, 0.2) is 30.6 Å². The highest BCUT2D eigenvalue weighted by atomic mass is 16.6. The monoisotopic (exact) mass is 357 g/mol. The van der Waals surface area contributed by atoms with Crippen LogP contribution in [-0.2, 0) is 0 Å². The molecule has 0 radical (unpaired) electrons. The second-order valence-corrected chi connectivity index (χ2v) is 6.83. The Morgan fingerprint density at radius 3 is 2.88 bits per heavy atom. The number of nitrogens with zero attached hydrogens (tertiary/aromatic N) is 3. The van der Waals surface area contributed by atoms with E-state index in [1.54, 1.807) is 36.3 Å². The summed E-state index contributed by atoms with van der Waals surface area (Å²) < 4.78 is 13.2. The summed E-state index contributed by atoms with van der Waals surface area (Å²) in [6.45, 7) is 2.82. The number of benzene rings is 1. The van der Waals surface area contributed by atoms with E-state index < -0.39 is 6.10 Å². The minimum absolute atomic E-state index is 0.0676. The zero-order valence-corrected chi connectivity index (χ0v) is 15.0. The average Bonchev–Trinajstić information content (AvgIpc) is 3.25. The largest absolute Gasteiger partial charge is 0.486 e. The summed E-state index contributed by atoms with van der Waals surface area (Å²) in [6.07, 6.45) is 4.50. The molecule has 2 aliphatic rings. The van der Waals surface area contributed by atoms with Gasteiger partial charge in [-0.05, 0) is 31.9 Å². The molecular weight excluding hydrogens is 334 g/mol. The van der Waals surface area contributed by atoms with E-state index in [1.165, 1.54) is 0 Å². The molecule has 0 spiro atoms. The SMILES string of the molecule is Cc1nccn1[C@@H]1CC[C@@H](N(C)C(=O)c2cccc3c2OCCO3)[C@H]1O. The van der Waals surface area contributed by atoms with Crippen molar-refractivity contribution < 1.29 is 19.4 Å². The van der Waals surface area contributed by atoms with E-state index in [9.17, 15) is 9.90 Å². The molecule has 2 aromatic rings. The molecule has 1 aromatic carbocycles. The quantitative estimate of drug-likeness (QED) is 0.906. The third kappa shape index (κ3) is 2.72. The minimum atomic E-state index is -0.645. The number of aliphatic hydroxyl groups is 1. The van der Waals surface area contributed by atoms with E-state index in [4.69, 9.17) is 9.47 Å². The summed E-state index contributed by atoms with van der Waals surface area (Å²) >= 11 is 0. The van der Waals surface area contributed by atoms with Crippen LogP contribution in [0.3, 0.4) is 0 Å². The van der Waals surface area contributed by atoms with Gasteiger partial charge < -0.3 is 24.0 Å². The molecule has 3 atom stereocenters. The van der Waals surface area contributed by atoms with Crippen LogP contribution in [0, 0.1) is 6.92 Å². The number of imidazole rings is 1. The summed E-state index contributed by atoms with van der Waals surface area (Å²) in [6, 6.07) is 5.01. The molecule has 7 heteroatoms. The lowest BCUT2D eigenvalue weighted by Crippen LogP contribution is -2.43. The van der Waals surface area contributed by atoms with E-state index in [0.717, 1.165) is 18.7 Å². The second-order valence-electron chi connectivity index (χ2n) is 6.83. The average molecular weight is 357 g/mol. The maximum Gasteiger partial charge on any atom is 0.257 e. The molecule has 1 aromatic heterocycles. The molecule has 1 aliphatic heterocycles. The number of amides is 1. The van der Waals surface area contributed by atoms with Gasteiger partial charge in [0.15, 0.2) is 11.5 Å². The fraction of sp³-hybridized carbons (Fsp3) is 0.474. The number of likely N-dealkylation sites (N-methyl/N-ethyl adjacent to an activating group) is 1. The fourth-order valence-corrected chi connectivity index (χ4v) is 3.99. The van der Waals surface area contributed by atoms with Gasteiger partial charge in [0.2, 0.25) is 0 Å². The molecule has 2 heterocycles. The van der Waals surface area contributed by atoms with E-state index in [0.29, 0.717) is 30.3 Å². The van der Waals surface area contributed by atoms with Crippen molar-refractivity contribution in [2.75, 3.05) is 20.3 Å². The lowest BCUT2D eigenvalue weighted by atomic mass is 10.1. The molecule has 1 N–H and O–H groups in total. The van der Waals surface area contributed by atoms with Crippen molar-refractivity contribution in [1.82, 2.24) is 14.5 Å². The number of aromatic nitrogens is 2. The first-order chi connectivity index (χ1) is 12.6. The molecule has 0 unspecified atom stereocenters. The molecule has 0 saturated heterocycles. The number of hydrogen-bond donors (Lipinski definition) is 1. The first kappa shape index (κ1) is 16.9. The first-order valence-electron chi connectivity index (χ1n) is 8.91. The lowest BCUT2D eigenvalue weighted by Gasteiger charge is -2.30. The van der Waals surface area contributed by atoms with Crippen molar-refractivity contribution in [3.05, 3.63) is 42.0 Å². The first-order valence-corrected chi connectivity index (χ1v) is 8.91. The van der Waals surface area contributed by atoms with Crippen LogP contribution in [-0.4, -0.2) is 57.9 Å². The maximum atomic E-state index is 13.1. The Labute approximate surface area is 152 Å². The van der Waals surface area contributed by atoms with Crippen molar-refractivity contribution in [2.24, 2.45) is 0 Å². The number of carbonyl (C=O) groups is 1. The summed E-state index contributed by atoms with van der Waals surface area (Å²) in [4.78, 5) is 18.9. The molecule has 26 heavy (non-hydrogen) atoms. The zero-order chi connectivity index (χ0) is 18.3. The van der Waals surface area contributed by atoms with Gasteiger partial charge in [-0.1, -0.05) is 6.07 Å². The predicted molar refractivity (Wildman–Crippen MR) is 94.6 cm³/mol. The van der Waals surface area contributed by atoms with E-state index >= 15 is 0 Å². The van der Waals surface area contributed by atoms with Gasteiger partial charge in [-0.2, -0.15) is 0 Å². The third-order valence-electron chi connectivity index (χ3n) is 5.38. The summed E-state index contributed by atoms with van der Waals surface area (Å²) in [5, 5.41) is 10.9. The van der Waals surface area contributed by atoms with Crippen LogP contribution in [0.25, 0.3) is 0 Å². The number of aryl methyl sites for hydroxylation is 1. The third-order valence-corrected chi connectivity index (χ3v) is 5.38. The number of aliphatic hydroxyl groups excluding tert-OH is 1.